The molecule has 0 aliphatic carbocycles. The van der Waals surface area contributed by atoms with Crippen LogP contribution in [0.1, 0.15) is 0 Å². The fraction of sp³-hybridized carbons (Fsp3) is 0.222. The van der Waals surface area contributed by atoms with E-state index in [-0.39, 0.29) is 6.03 Å². The lowest BCUT2D eigenvalue weighted by Gasteiger charge is -2.32. The number of urea groups is 1. The van der Waals surface area contributed by atoms with Gasteiger partial charge in [0.15, 0.2) is 0 Å². The van der Waals surface area contributed by atoms with Crippen LogP contribution in [-0.4, -0.2) is 24.4 Å². The first-order valence-corrected chi connectivity index (χ1v) is 6.36. The smallest absolute Gasteiger partial charge is 0.307 e. The molecule has 1 atom stereocenters. The number of hydrogen-bond donors (Lipinski definition) is 1. The Morgan fingerprint density at radius 2 is 2.00 bits per heavy atom. The number of anilines is 1. The lowest BCUT2D eigenvalue weighted by molar-refractivity contribution is 0.240. The highest BCUT2D eigenvalue weighted by Crippen LogP contribution is 2.47. The normalized spacial score (nSPS) is 25.6. The van der Waals surface area contributed by atoms with Crippen LogP contribution in [0.15, 0.2) is 24.3 Å². The van der Waals surface area contributed by atoms with Gasteiger partial charge in [0.25, 0.3) is 0 Å². The number of carbonyl (C=O) groups is 1. The molecule has 1 aromatic carbocycles. The summed E-state index contributed by atoms with van der Waals surface area (Å²) in [6, 6.07) is 6.86. The SMILES string of the molecule is CN1C(=O)Nc2ccccc2P1(C)=O. The Balaban J connectivity index is 2.66. The van der Waals surface area contributed by atoms with Gasteiger partial charge in [0.2, 0.25) is 7.29 Å². The first-order chi connectivity index (χ1) is 6.53. The van der Waals surface area contributed by atoms with Gasteiger partial charge in [-0.05, 0) is 12.1 Å². The van der Waals surface area contributed by atoms with Crippen molar-refractivity contribution < 1.29 is 9.36 Å². The molecule has 2 rings (SSSR count). The van der Waals surface area contributed by atoms with E-state index in [1.54, 1.807) is 25.8 Å². The van der Waals surface area contributed by atoms with Gasteiger partial charge >= 0.3 is 6.03 Å². The molecule has 14 heavy (non-hydrogen) atoms. The third kappa shape index (κ3) is 1.15. The fourth-order valence-corrected chi connectivity index (χ4v) is 3.13. The van der Waals surface area contributed by atoms with Crippen LogP contribution in [0.4, 0.5) is 10.5 Å². The molecule has 0 saturated heterocycles. The lowest BCUT2D eigenvalue weighted by Crippen LogP contribution is -2.38. The van der Waals surface area contributed by atoms with Crippen LogP contribution in [-0.2, 0) is 4.57 Å². The van der Waals surface area contributed by atoms with Crippen molar-refractivity contribution in [3.8, 4) is 0 Å². The van der Waals surface area contributed by atoms with E-state index in [9.17, 15) is 9.36 Å². The van der Waals surface area contributed by atoms with Crippen molar-refractivity contribution >= 4 is 24.3 Å². The molecular formula is C9H11N2O2P. The predicted octanol–water partition coefficient (Wildman–Crippen LogP) is 1.70. The number of fused-ring (bicyclic) bond motifs is 1. The van der Waals surface area contributed by atoms with E-state index >= 15 is 0 Å². The average molecular weight is 210 g/mol. The minimum absolute atomic E-state index is 0.311. The van der Waals surface area contributed by atoms with Gasteiger partial charge in [0.05, 0.1) is 11.0 Å². The average Bonchev–Trinajstić information content (AvgIpc) is 2.15. The third-order valence-corrected chi connectivity index (χ3v) is 5.07. The molecule has 5 heteroatoms. The van der Waals surface area contributed by atoms with Crippen LogP contribution in [0.3, 0.4) is 0 Å². The Kier molecular flexibility index (Phi) is 1.89. The second-order valence-electron chi connectivity index (χ2n) is 3.35. The highest BCUT2D eigenvalue weighted by atomic mass is 31.2. The summed E-state index contributed by atoms with van der Waals surface area (Å²) < 4.78 is 13.5. The summed E-state index contributed by atoms with van der Waals surface area (Å²) in [5.74, 6) is 0. The van der Waals surface area contributed by atoms with Gasteiger partial charge in [-0.25, -0.2) is 4.79 Å². The number of amides is 2. The summed E-state index contributed by atoms with van der Waals surface area (Å²) in [6.45, 7) is 1.60. The summed E-state index contributed by atoms with van der Waals surface area (Å²) in [6.07, 6.45) is 0. The summed E-state index contributed by atoms with van der Waals surface area (Å²) in [5, 5.41) is 3.39. The van der Waals surface area contributed by atoms with E-state index in [1.807, 2.05) is 12.1 Å². The maximum absolute atomic E-state index is 12.3. The van der Waals surface area contributed by atoms with Gasteiger partial charge in [-0.3, -0.25) is 9.24 Å². The molecule has 0 spiro atoms. The van der Waals surface area contributed by atoms with Crippen molar-refractivity contribution in [1.29, 1.82) is 0 Å². The van der Waals surface area contributed by atoms with Crippen LogP contribution >= 0.6 is 7.29 Å². The molecule has 0 fully saturated rings. The maximum Gasteiger partial charge on any atom is 0.327 e. The van der Waals surface area contributed by atoms with Crippen LogP contribution in [0, 0.1) is 0 Å². The highest BCUT2D eigenvalue weighted by Gasteiger charge is 2.35. The van der Waals surface area contributed by atoms with Crippen molar-refractivity contribution in [1.82, 2.24) is 4.67 Å². The predicted molar refractivity (Wildman–Crippen MR) is 56.4 cm³/mol. The largest absolute Gasteiger partial charge is 0.327 e. The van der Waals surface area contributed by atoms with Crippen molar-refractivity contribution in [3.05, 3.63) is 24.3 Å². The van der Waals surface area contributed by atoms with Gasteiger partial charge in [0.1, 0.15) is 0 Å². The number of hydrogen-bond acceptors (Lipinski definition) is 2. The van der Waals surface area contributed by atoms with E-state index < -0.39 is 7.29 Å². The molecule has 0 saturated carbocycles. The zero-order valence-electron chi connectivity index (χ0n) is 8.02. The van der Waals surface area contributed by atoms with Gasteiger partial charge in [-0.1, -0.05) is 12.1 Å². The molecule has 1 aliphatic heterocycles. The molecule has 74 valence electrons. The number of nitrogens with one attached hydrogen (secondary N) is 1. The molecule has 1 heterocycles. The monoisotopic (exact) mass is 210 g/mol. The number of benzene rings is 1. The Hall–Kier alpha value is -1.28. The maximum atomic E-state index is 12.3. The zero-order valence-corrected chi connectivity index (χ0v) is 8.91. The van der Waals surface area contributed by atoms with E-state index in [4.69, 9.17) is 0 Å². The summed E-state index contributed by atoms with van der Waals surface area (Å²) in [5.41, 5.74) is 0.654. The first-order valence-electron chi connectivity index (χ1n) is 4.26. The standard InChI is InChI=1S/C9H11N2O2P/c1-11-9(12)10-7-5-3-4-6-8(7)14(11,2)13/h3-6H,1-2H3,(H,10,12). The third-order valence-electron chi connectivity index (χ3n) is 2.46. The zero-order chi connectivity index (χ0) is 10.3. The molecule has 1 aromatic rings. The molecule has 0 aromatic heterocycles. The molecule has 1 aliphatic rings. The second kappa shape index (κ2) is 2.85. The molecular weight excluding hydrogens is 199 g/mol. The molecule has 4 nitrogen and oxygen atoms in total. The molecule has 0 bridgehead atoms. The Labute approximate surface area is 82.3 Å². The second-order valence-corrected chi connectivity index (χ2v) is 6.19. The first kappa shape index (κ1) is 9.28. The Morgan fingerprint density at radius 3 is 2.71 bits per heavy atom. The highest BCUT2D eigenvalue weighted by molar-refractivity contribution is 7.69. The Morgan fingerprint density at radius 1 is 1.36 bits per heavy atom. The van der Waals surface area contributed by atoms with E-state index in [2.05, 4.69) is 5.32 Å². The lowest BCUT2D eigenvalue weighted by atomic mass is 10.3. The summed E-state index contributed by atoms with van der Waals surface area (Å²) in [4.78, 5) is 11.4. The summed E-state index contributed by atoms with van der Waals surface area (Å²) >= 11 is 0. The van der Waals surface area contributed by atoms with Crippen LogP contribution in [0.2, 0.25) is 0 Å². The minimum atomic E-state index is -2.70. The number of para-hydroxylation sites is 1. The Bertz CT molecular complexity index is 444. The van der Waals surface area contributed by atoms with Crippen molar-refractivity contribution in [2.45, 2.75) is 0 Å². The number of nitrogens with zero attached hydrogens (tertiary/aromatic N) is 1. The van der Waals surface area contributed by atoms with Gasteiger partial charge in [-0.15, -0.1) is 0 Å². The molecule has 1 unspecified atom stereocenters. The summed E-state index contributed by atoms with van der Waals surface area (Å²) in [7, 11) is -1.15. The quantitative estimate of drug-likeness (QED) is 0.662. The van der Waals surface area contributed by atoms with E-state index in [0.717, 1.165) is 0 Å². The van der Waals surface area contributed by atoms with E-state index in [1.165, 1.54) is 4.67 Å². The fourth-order valence-electron chi connectivity index (χ4n) is 1.47. The van der Waals surface area contributed by atoms with Crippen molar-refractivity contribution in [3.63, 3.8) is 0 Å². The van der Waals surface area contributed by atoms with Crippen LogP contribution < -0.4 is 10.6 Å². The topological polar surface area (TPSA) is 49.4 Å². The molecule has 0 radical (unpaired) electrons. The molecule has 2 amide bonds. The van der Waals surface area contributed by atoms with Crippen molar-refractivity contribution in [2.24, 2.45) is 0 Å². The van der Waals surface area contributed by atoms with E-state index in [0.29, 0.717) is 11.0 Å². The van der Waals surface area contributed by atoms with Crippen LogP contribution in [0.5, 0.6) is 0 Å². The van der Waals surface area contributed by atoms with Crippen LogP contribution in [0.25, 0.3) is 0 Å². The number of rotatable bonds is 0. The van der Waals surface area contributed by atoms with Gasteiger partial charge < -0.3 is 5.32 Å². The van der Waals surface area contributed by atoms with Gasteiger partial charge in [-0.2, -0.15) is 0 Å². The number of carbonyl (C=O) groups excluding carboxylic acids is 1. The van der Waals surface area contributed by atoms with Crippen molar-refractivity contribution in [2.75, 3.05) is 19.0 Å². The minimum Gasteiger partial charge on any atom is -0.307 e. The molecule has 1 N–H and O–H groups in total. The van der Waals surface area contributed by atoms with Gasteiger partial charge in [0, 0.05) is 13.7 Å².